The third-order valence-corrected chi connectivity index (χ3v) is 3.17. The van der Waals surface area contributed by atoms with Gasteiger partial charge in [-0.25, -0.2) is 9.26 Å². The molecule has 0 amide bonds. The molecule has 18 heavy (non-hydrogen) atoms. The van der Waals surface area contributed by atoms with Gasteiger partial charge in [0.25, 0.3) is 0 Å². The minimum atomic E-state index is 0.299. The van der Waals surface area contributed by atoms with Crippen LogP contribution in [-0.4, -0.2) is 20.6 Å². The summed E-state index contributed by atoms with van der Waals surface area (Å²) in [7, 11) is 0. The van der Waals surface area contributed by atoms with Crippen molar-refractivity contribution in [2.75, 3.05) is 0 Å². The molecule has 0 N–H and O–H groups in total. The van der Waals surface area contributed by atoms with Gasteiger partial charge in [-0.05, 0) is 25.7 Å². The molecule has 2 aromatic rings. The van der Waals surface area contributed by atoms with Crippen LogP contribution in [0.4, 0.5) is 0 Å². The standard InChI is InChI=1S/C12H18N4O2/c1-4-9-11(15-17-13-9)7-6-8(3)12-10(5-2)14-18-16-12/h8H,4-7H2,1-3H3. The summed E-state index contributed by atoms with van der Waals surface area (Å²) in [6, 6.07) is 0. The number of hydrogen-bond acceptors (Lipinski definition) is 6. The van der Waals surface area contributed by atoms with E-state index in [0.29, 0.717) is 5.92 Å². The number of hydrogen-bond donors (Lipinski definition) is 0. The number of nitrogens with zero attached hydrogens (tertiary/aromatic N) is 4. The van der Waals surface area contributed by atoms with Crippen LogP contribution in [-0.2, 0) is 19.3 Å². The molecule has 6 heteroatoms. The maximum atomic E-state index is 4.79. The lowest BCUT2D eigenvalue weighted by atomic mass is 9.97. The zero-order chi connectivity index (χ0) is 13.0. The van der Waals surface area contributed by atoms with E-state index in [9.17, 15) is 0 Å². The molecule has 1 unspecified atom stereocenters. The van der Waals surface area contributed by atoms with E-state index in [1.54, 1.807) is 0 Å². The van der Waals surface area contributed by atoms with Crippen molar-refractivity contribution in [1.29, 1.82) is 0 Å². The summed E-state index contributed by atoms with van der Waals surface area (Å²) in [6.45, 7) is 6.22. The Labute approximate surface area is 106 Å². The van der Waals surface area contributed by atoms with E-state index >= 15 is 0 Å². The quantitative estimate of drug-likeness (QED) is 0.782. The lowest BCUT2D eigenvalue weighted by molar-refractivity contribution is 0.297. The van der Waals surface area contributed by atoms with Crippen molar-refractivity contribution in [3.63, 3.8) is 0 Å². The average Bonchev–Trinajstić information content (AvgIpc) is 3.03. The topological polar surface area (TPSA) is 77.8 Å². The van der Waals surface area contributed by atoms with Crippen LogP contribution in [0.25, 0.3) is 0 Å². The average molecular weight is 250 g/mol. The van der Waals surface area contributed by atoms with Gasteiger partial charge in [0.15, 0.2) is 0 Å². The SMILES string of the molecule is CCc1nonc1CCC(C)c1nonc1CC. The van der Waals surface area contributed by atoms with Crippen LogP contribution in [0.15, 0.2) is 9.26 Å². The van der Waals surface area contributed by atoms with Crippen LogP contribution in [0.3, 0.4) is 0 Å². The Morgan fingerprint density at radius 1 is 0.889 bits per heavy atom. The van der Waals surface area contributed by atoms with E-state index in [2.05, 4.69) is 27.6 Å². The molecule has 6 nitrogen and oxygen atoms in total. The third kappa shape index (κ3) is 2.57. The highest BCUT2D eigenvalue weighted by Crippen LogP contribution is 2.22. The van der Waals surface area contributed by atoms with Crippen LogP contribution in [0, 0.1) is 0 Å². The van der Waals surface area contributed by atoms with Gasteiger partial charge in [0, 0.05) is 5.92 Å². The fourth-order valence-corrected chi connectivity index (χ4v) is 2.01. The molecule has 0 saturated carbocycles. The molecule has 0 saturated heterocycles. The van der Waals surface area contributed by atoms with Gasteiger partial charge in [0.1, 0.15) is 22.8 Å². The van der Waals surface area contributed by atoms with Crippen molar-refractivity contribution in [3.8, 4) is 0 Å². The van der Waals surface area contributed by atoms with Gasteiger partial charge in [0.2, 0.25) is 0 Å². The van der Waals surface area contributed by atoms with Crippen molar-refractivity contribution >= 4 is 0 Å². The fourth-order valence-electron chi connectivity index (χ4n) is 2.01. The van der Waals surface area contributed by atoms with Crippen LogP contribution < -0.4 is 0 Å². The molecule has 0 spiro atoms. The van der Waals surface area contributed by atoms with Crippen molar-refractivity contribution in [3.05, 3.63) is 22.8 Å². The van der Waals surface area contributed by atoms with Crippen molar-refractivity contribution in [2.24, 2.45) is 0 Å². The summed E-state index contributed by atoms with van der Waals surface area (Å²) in [6.07, 6.45) is 3.46. The Bertz CT molecular complexity index is 492. The maximum absolute atomic E-state index is 4.79. The Morgan fingerprint density at radius 3 is 2.22 bits per heavy atom. The van der Waals surface area contributed by atoms with Crippen LogP contribution >= 0.6 is 0 Å². The second-order valence-corrected chi connectivity index (χ2v) is 4.40. The molecule has 0 aromatic carbocycles. The van der Waals surface area contributed by atoms with E-state index in [0.717, 1.165) is 48.5 Å². The Balaban J connectivity index is 1.98. The normalized spacial score (nSPS) is 12.8. The summed E-state index contributed by atoms with van der Waals surface area (Å²) in [4.78, 5) is 0. The second-order valence-electron chi connectivity index (χ2n) is 4.40. The van der Waals surface area contributed by atoms with Gasteiger partial charge in [-0.3, -0.25) is 0 Å². The van der Waals surface area contributed by atoms with Crippen LogP contribution in [0.1, 0.15) is 55.9 Å². The Kier molecular flexibility index (Phi) is 4.07. The van der Waals surface area contributed by atoms with E-state index < -0.39 is 0 Å². The second kappa shape index (κ2) is 5.75. The van der Waals surface area contributed by atoms with Crippen molar-refractivity contribution in [2.45, 2.75) is 52.4 Å². The van der Waals surface area contributed by atoms with Gasteiger partial charge in [0.05, 0.1) is 0 Å². The molecular formula is C12H18N4O2. The van der Waals surface area contributed by atoms with Gasteiger partial charge in [-0.2, -0.15) is 0 Å². The molecule has 0 aliphatic heterocycles. The minimum absolute atomic E-state index is 0.299. The Hall–Kier alpha value is -1.72. The van der Waals surface area contributed by atoms with Gasteiger partial charge >= 0.3 is 0 Å². The predicted octanol–water partition coefficient (Wildman–Crippen LogP) is 2.31. The number of rotatable bonds is 6. The largest absolute Gasteiger partial charge is 0.244 e. The molecule has 1 atom stereocenters. The van der Waals surface area contributed by atoms with E-state index in [-0.39, 0.29) is 0 Å². The van der Waals surface area contributed by atoms with Gasteiger partial charge in [-0.1, -0.05) is 41.4 Å². The van der Waals surface area contributed by atoms with Crippen molar-refractivity contribution < 1.29 is 9.26 Å². The first-order chi connectivity index (χ1) is 8.76. The zero-order valence-corrected chi connectivity index (χ0v) is 11.0. The predicted molar refractivity (Wildman–Crippen MR) is 64.1 cm³/mol. The molecule has 2 rings (SSSR count). The molecule has 0 radical (unpaired) electrons. The summed E-state index contributed by atoms with van der Waals surface area (Å²) >= 11 is 0. The third-order valence-electron chi connectivity index (χ3n) is 3.17. The molecular weight excluding hydrogens is 232 g/mol. The summed E-state index contributed by atoms with van der Waals surface area (Å²) in [5, 5.41) is 15.7. The van der Waals surface area contributed by atoms with Crippen LogP contribution in [0.5, 0.6) is 0 Å². The summed E-state index contributed by atoms with van der Waals surface area (Å²) < 4.78 is 9.55. The Morgan fingerprint density at radius 2 is 1.50 bits per heavy atom. The summed E-state index contributed by atoms with van der Waals surface area (Å²) in [5.74, 6) is 0.299. The number of aryl methyl sites for hydroxylation is 3. The zero-order valence-electron chi connectivity index (χ0n) is 11.0. The summed E-state index contributed by atoms with van der Waals surface area (Å²) in [5.41, 5.74) is 3.78. The van der Waals surface area contributed by atoms with Gasteiger partial charge in [-0.15, -0.1) is 0 Å². The van der Waals surface area contributed by atoms with E-state index in [1.807, 2.05) is 13.8 Å². The molecule has 0 aliphatic carbocycles. The molecule has 0 bridgehead atoms. The maximum Gasteiger partial charge on any atom is 0.111 e. The number of aromatic nitrogens is 4. The van der Waals surface area contributed by atoms with E-state index in [4.69, 9.17) is 9.26 Å². The first-order valence-corrected chi connectivity index (χ1v) is 6.37. The molecule has 0 aliphatic rings. The monoisotopic (exact) mass is 250 g/mol. The molecule has 2 aromatic heterocycles. The van der Waals surface area contributed by atoms with E-state index in [1.165, 1.54) is 0 Å². The minimum Gasteiger partial charge on any atom is -0.244 e. The van der Waals surface area contributed by atoms with Crippen molar-refractivity contribution in [1.82, 2.24) is 20.6 Å². The molecule has 2 heterocycles. The first kappa shape index (κ1) is 12.7. The fraction of sp³-hybridized carbons (Fsp3) is 0.667. The molecule has 98 valence electrons. The highest BCUT2D eigenvalue weighted by atomic mass is 16.6. The first-order valence-electron chi connectivity index (χ1n) is 6.37. The van der Waals surface area contributed by atoms with Gasteiger partial charge < -0.3 is 0 Å². The lowest BCUT2D eigenvalue weighted by Crippen LogP contribution is -2.02. The lowest BCUT2D eigenvalue weighted by Gasteiger charge is -2.07. The highest BCUT2D eigenvalue weighted by Gasteiger charge is 2.17. The molecule has 0 fully saturated rings. The van der Waals surface area contributed by atoms with Crippen LogP contribution in [0.2, 0.25) is 0 Å². The highest BCUT2D eigenvalue weighted by molar-refractivity contribution is 5.14. The smallest absolute Gasteiger partial charge is 0.111 e.